The molecule has 17 heavy (non-hydrogen) atoms. The van der Waals surface area contributed by atoms with Crippen molar-refractivity contribution in [2.45, 2.75) is 25.9 Å². The lowest BCUT2D eigenvalue weighted by atomic mass is 10.1. The Kier molecular flexibility index (Phi) is 3.65. The molecule has 1 aromatic carbocycles. The fourth-order valence-corrected chi connectivity index (χ4v) is 1.09. The SMILES string of the molecule is CC(Oc1ccc(F)cc1C(N)=O)C(C)(F)F. The van der Waals surface area contributed by atoms with Crippen LogP contribution in [0.3, 0.4) is 0 Å². The van der Waals surface area contributed by atoms with Crippen molar-refractivity contribution in [2.24, 2.45) is 5.73 Å². The van der Waals surface area contributed by atoms with E-state index in [0.717, 1.165) is 25.1 Å². The summed E-state index contributed by atoms with van der Waals surface area (Å²) >= 11 is 0. The van der Waals surface area contributed by atoms with Crippen molar-refractivity contribution in [3.63, 3.8) is 0 Å². The van der Waals surface area contributed by atoms with Crippen LogP contribution in [-0.2, 0) is 0 Å². The smallest absolute Gasteiger partial charge is 0.281 e. The van der Waals surface area contributed by atoms with E-state index in [-0.39, 0.29) is 11.3 Å². The second kappa shape index (κ2) is 4.65. The zero-order valence-electron chi connectivity index (χ0n) is 9.34. The van der Waals surface area contributed by atoms with Gasteiger partial charge in [-0.1, -0.05) is 0 Å². The Morgan fingerprint density at radius 2 is 2.06 bits per heavy atom. The number of carbonyl (C=O) groups is 1. The van der Waals surface area contributed by atoms with Crippen molar-refractivity contribution in [2.75, 3.05) is 0 Å². The van der Waals surface area contributed by atoms with E-state index in [1.165, 1.54) is 0 Å². The summed E-state index contributed by atoms with van der Waals surface area (Å²) in [6.45, 7) is 1.83. The number of hydrogen-bond donors (Lipinski definition) is 1. The first kappa shape index (κ1) is 13.3. The van der Waals surface area contributed by atoms with Gasteiger partial charge in [0.15, 0.2) is 6.10 Å². The molecule has 0 bridgehead atoms. The van der Waals surface area contributed by atoms with E-state index in [2.05, 4.69) is 0 Å². The average molecular weight is 247 g/mol. The summed E-state index contributed by atoms with van der Waals surface area (Å²) in [6.07, 6.45) is -1.45. The fourth-order valence-electron chi connectivity index (χ4n) is 1.09. The summed E-state index contributed by atoms with van der Waals surface area (Å²) in [5.74, 6) is -4.87. The summed E-state index contributed by atoms with van der Waals surface area (Å²) < 4.78 is 43.6. The molecule has 0 saturated carbocycles. The Bertz CT molecular complexity index is 429. The van der Waals surface area contributed by atoms with Crippen LogP contribution >= 0.6 is 0 Å². The Morgan fingerprint density at radius 1 is 1.47 bits per heavy atom. The molecule has 0 fully saturated rings. The highest BCUT2D eigenvalue weighted by atomic mass is 19.3. The van der Waals surface area contributed by atoms with Crippen molar-refractivity contribution in [3.05, 3.63) is 29.6 Å². The predicted octanol–water partition coefficient (Wildman–Crippen LogP) is 2.35. The largest absolute Gasteiger partial charge is 0.484 e. The van der Waals surface area contributed by atoms with Crippen LogP contribution in [-0.4, -0.2) is 17.9 Å². The Balaban J connectivity index is 3.03. The van der Waals surface area contributed by atoms with Crippen LogP contribution in [0.5, 0.6) is 5.75 Å². The molecular formula is C11H12F3NO2. The summed E-state index contributed by atoms with van der Waals surface area (Å²) in [7, 11) is 0. The predicted molar refractivity (Wildman–Crippen MR) is 55.6 cm³/mol. The van der Waals surface area contributed by atoms with Crippen molar-refractivity contribution >= 4 is 5.91 Å². The average Bonchev–Trinajstić information content (AvgIpc) is 2.18. The monoisotopic (exact) mass is 247 g/mol. The van der Waals surface area contributed by atoms with Crippen LogP contribution in [0.25, 0.3) is 0 Å². The van der Waals surface area contributed by atoms with Gasteiger partial charge in [0.1, 0.15) is 11.6 Å². The van der Waals surface area contributed by atoms with E-state index in [0.29, 0.717) is 6.92 Å². The molecule has 1 atom stereocenters. The molecular weight excluding hydrogens is 235 g/mol. The van der Waals surface area contributed by atoms with E-state index >= 15 is 0 Å². The molecule has 0 radical (unpaired) electrons. The highest BCUT2D eigenvalue weighted by molar-refractivity contribution is 5.95. The number of alkyl halides is 2. The normalized spacial score (nSPS) is 13.2. The molecule has 1 amide bonds. The van der Waals surface area contributed by atoms with E-state index in [9.17, 15) is 18.0 Å². The maximum Gasteiger partial charge on any atom is 0.281 e. The lowest BCUT2D eigenvalue weighted by molar-refractivity contribution is -0.0719. The lowest BCUT2D eigenvalue weighted by Crippen LogP contribution is -2.33. The zero-order valence-corrected chi connectivity index (χ0v) is 9.34. The molecule has 0 saturated heterocycles. The van der Waals surface area contributed by atoms with Gasteiger partial charge in [-0.2, -0.15) is 0 Å². The van der Waals surface area contributed by atoms with Crippen LogP contribution in [0.1, 0.15) is 24.2 Å². The summed E-state index contributed by atoms with van der Waals surface area (Å²) in [6, 6.07) is 2.94. The summed E-state index contributed by atoms with van der Waals surface area (Å²) in [5.41, 5.74) is 4.73. The lowest BCUT2D eigenvalue weighted by Gasteiger charge is -2.21. The molecule has 94 valence electrons. The summed E-state index contributed by atoms with van der Waals surface area (Å²) in [4.78, 5) is 11.0. The van der Waals surface area contributed by atoms with Gasteiger partial charge in [0, 0.05) is 6.92 Å². The van der Waals surface area contributed by atoms with Gasteiger partial charge in [-0.05, 0) is 25.1 Å². The molecule has 0 heterocycles. The number of benzene rings is 1. The van der Waals surface area contributed by atoms with Gasteiger partial charge < -0.3 is 10.5 Å². The minimum absolute atomic E-state index is 0.159. The topological polar surface area (TPSA) is 52.3 Å². The fraction of sp³-hybridized carbons (Fsp3) is 0.364. The second-order valence-corrected chi connectivity index (χ2v) is 3.72. The van der Waals surface area contributed by atoms with Crippen LogP contribution in [0, 0.1) is 5.82 Å². The number of primary amides is 1. The molecule has 2 N–H and O–H groups in total. The molecule has 3 nitrogen and oxygen atoms in total. The molecule has 6 heteroatoms. The van der Waals surface area contributed by atoms with Gasteiger partial charge in [-0.25, -0.2) is 13.2 Å². The third kappa shape index (κ3) is 3.37. The van der Waals surface area contributed by atoms with Gasteiger partial charge in [0.2, 0.25) is 0 Å². The minimum Gasteiger partial charge on any atom is -0.484 e. The van der Waals surface area contributed by atoms with Gasteiger partial charge in [-0.3, -0.25) is 4.79 Å². The van der Waals surface area contributed by atoms with Gasteiger partial charge in [0.25, 0.3) is 11.8 Å². The van der Waals surface area contributed by atoms with Crippen LogP contribution < -0.4 is 10.5 Å². The van der Waals surface area contributed by atoms with Gasteiger partial charge in [-0.15, -0.1) is 0 Å². The number of hydrogen-bond acceptors (Lipinski definition) is 2. The Morgan fingerprint density at radius 3 is 2.53 bits per heavy atom. The van der Waals surface area contributed by atoms with Crippen LogP contribution in [0.4, 0.5) is 13.2 Å². The third-order valence-corrected chi connectivity index (χ3v) is 2.22. The zero-order chi connectivity index (χ0) is 13.2. The highest BCUT2D eigenvalue weighted by Crippen LogP contribution is 2.26. The first-order chi connectivity index (χ1) is 7.71. The first-order valence-corrected chi connectivity index (χ1v) is 4.85. The molecule has 0 aromatic heterocycles. The van der Waals surface area contributed by atoms with E-state index < -0.39 is 23.8 Å². The standard InChI is InChI=1S/C11H12F3NO2/c1-6(11(2,13)14)17-9-4-3-7(12)5-8(9)10(15)16/h3-6H,1-2H3,(H2,15,16). The van der Waals surface area contributed by atoms with Crippen molar-refractivity contribution in [1.82, 2.24) is 0 Å². The number of amides is 1. The number of rotatable bonds is 4. The Hall–Kier alpha value is -1.72. The molecule has 1 rings (SSSR count). The van der Waals surface area contributed by atoms with Gasteiger partial charge >= 0.3 is 0 Å². The molecule has 1 aromatic rings. The molecule has 0 spiro atoms. The van der Waals surface area contributed by atoms with Crippen LogP contribution in [0.15, 0.2) is 18.2 Å². The number of carbonyl (C=O) groups excluding carboxylic acids is 1. The summed E-state index contributed by atoms with van der Waals surface area (Å²) in [5, 5.41) is 0. The van der Waals surface area contributed by atoms with Gasteiger partial charge in [0.05, 0.1) is 5.56 Å². The van der Waals surface area contributed by atoms with Crippen LogP contribution in [0.2, 0.25) is 0 Å². The maximum absolute atomic E-state index is 12.9. The minimum atomic E-state index is -3.08. The third-order valence-electron chi connectivity index (χ3n) is 2.22. The number of nitrogens with two attached hydrogens (primary N) is 1. The molecule has 0 aliphatic heterocycles. The molecule has 1 unspecified atom stereocenters. The van der Waals surface area contributed by atoms with Crippen molar-refractivity contribution < 1.29 is 22.7 Å². The number of ether oxygens (including phenoxy) is 1. The molecule has 0 aliphatic rings. The molecule has 0 aliphatic carbocycles. The van der Waals surface area contributed by atoms with Crippen molar-refractivity contribution in [3.8, 4) is 5.75 Å². The first-order valence-electron chi connectivity index (χ1n) is 4.85. The Labute approximate surface area is 96.4 Å². The highest BCUT2D eigenvalue weighted by Gasteiger charge is 2.32. The van der Waals surface area contributed by atoms with E-state index in [4.69, 9.17) is 10.5 Å². The number of halogens is 3. The van der Waals surface area contributed by atoms with Crippen molar-refractivity contribution in [1.29, 1.82) is 0 Å². The maximum atomic E-state index is 12.9. The quantitative estimate of drug-likeness (QED) is 0.887. The second-order valence-electron chi connectivity index (χ2n) is 3.72. The van der Waals surface area contributed by atoms with E-state index in [1.807, 2.05) is 0 Å². The van der Waals surface area contributed by atoms with E-state index in [1.54, 1.807) is 0 Å².